The second-order valence-corrected chi connectivity index (χ2v) is 5.05. The zero-order valence-electron chi connectivity index (χ0n) is 12.0. The van der Waals surface area contributed by atoms with Gasteiger partial charge in [-0.2, -0.15) is 0 Å². The van der Waals surface area contributed by atoms with Crippen LogP contribution in [0.2, 0.25) is 0 Å². The molecule has 1 aliphatic heterocycles. The van der Waals surface area contributed by atoms with Crippen LogP contribution < -0.4 is 11.1 Å². The van der Waals surface area contributed by atoms with Crippen LogP contribution in [-0.4, -0.2) is 67.9 Å². The number of nitrogens with zero attached hydrogens (tertiary/aromatic N) is 2. The van der Waals surface area contributed by atoms with E-state index in [4.69, 9.17) is 5.73 Å². The minimum absolute atomic E-state index is 0.0112. The number of amides is 2. The Labute approximate surface area is 115 Å². The highest BCUT2D eigenvalue weighted by molar-refractivity contribution is 5.83. The van der Waals surface area contributed by atoms with Crippen LogP contribution in [0.15, 0.2) is 0 Å². The molecule has 1 saturated heterocycles. The molecule has 0 bridgehead atoms. The van der Waals surface area contributed by atoms with Crippen LogP contribution in [0.3, 0.4) is 0 Å². The van der Waals surface area contributed by atoms with Crippen molar-refractivity contribution in [2.75, 3.05) is 40.3 Å². The summed E-state index contributed by atoms with van der Waals surface area (Å²) in [6.45, 7) is 2.39. The molecule has 1 rings (SSSR count). The largest absolute Gasteiger partial charge is 0.358 e. The van der Waals surface area contributed by atoms with Crippen molar-refractivity contribution in [3.8, 4) is 0 Å². The van der Waals surface area contributed by atoms with E-state index in [1.165, 1.54) is 0 Å². The minimum Gasteiger partial charge on any atom is -0.358 e. The standard InChI is InChI=1S/C13H26N4O2/c1-15-13(19)11-6-3-4-9-17(11)10-12(18)16(2)8-5-7-14/h11H,3-10,14H2,1-2H3,(H,15,19). The van der Waals surface area contributed by atoms with Crippen molar-refractivity contribution in [3.05, 3.63) is 0 Å². The summed E-state index contributed by atoms with van der Waals surface area (Å²) in [5, 5.41) is 2.68. The molecule has 0 aromatic heterocycles. The van der Waals surface area contributed by atoms with Crippen LogP contribution >= 0.6 is 0 Å². The quantitative estimate of drug-likeness (QED) is 0.675. The van der Waals surface area contributed by atoms with Gasteiger partial charge in [0.25, 0.3) is 0 Å². The smallest absolute Gasteiger partial charge is 0.237 e. The first-order valence-electron chi connectivity index (χ1n) is 6.99. The molecule has 1 fully saturated rings. The average molecular weight is 270 g/mol. The number of hydrogen-bond donors (Lipinski definition) is 2. The van der Waals surface area contributed by atoms with Crippen LogP contribution in [0.4, 0.5) is 0 Å². The molecule has 0 aromatic rings. The number of nitrogens with two attached hydrogens (primary N) is 1. The maximum absolute atomic E-state index is 12.1. The van der Waals surface area contributed by atoms with Gasteiger partial charge in [-0.05, 0) is 32.4 Å². The van der Waals surface area contributed by atoms with Crippen molar-refractivity contribution < 1.29 is 9.59 Å². The Kier molecular flexibility index (Phi) is 6.80. The summed E-state index contributed by atoms with van der Waals surface area (Å²) in [6, 6.07) is -0.161. The number of likely N-dealkylation sites (N-methyl/N-ethyl adjacent to an activating group) is 2. The lowest BCUT2D eigenvalue weighted by molar-refractivity contribution is -0.134. The lowest BCUT2D eigenvalue weighted by atomic mass is 10.0. The fourth-order valence-electron chi connectivity index (χ4n) is 2.39. The van der Waals surface area contributed by atoms with Crippen molar-refractivity contribution >= 4 is 11.8 Å². The molecule has 0 radical (unpaired) electrons. The molecule has 0 spiro atoms. The summed E-state index contributed by atoms with van der Waals surface area (Å²) >= 11 is 0. The fraction of sp³-hybridized carbons (Fsp3) is 0.846. The van der Waals surface area contributed by atoms with Crippen molar-refractivity contribution in [2.24, 2.45) is 5.73 Å². The Morgan fingerprint density at radius 2 is 2.16 bits per heavy atom. The molecule has 1 aliphatic rings. The maximum Gasteiger partial charge on any atom is 0.237 e. The van der Waals surface area contributed by atoms with Crippen molar-refractivity contribution in [3.63, 3.8) is 0 Å². The highest BCUT2D eigenvalue weighted by Crippen LogP contribution is 2.17. The Balaban J connectivity index is 2.52. The first-order chi connectivity index (χ1) is 9.10. The Bertz CT molecular complexity index is 309. The number of nitrogens with one attached hydrogen (secondary N) is 1. The third kappa shape index (κ3) is 4.80. The van der Waals surface area contributed by atoms with Crippen LogP contribution in [0.25, 0.3) is 0 Å². The topological polar surface area (TPSA) is 78.7 Å². The van der Waals surface area contributed by atoms with E-state index in [1.807, 2.05) is 4.90 Å². The van der Waals surface area contributed by atoms with Gasteiger partial charge < -0.3 is 16.0 Å². The van der Waals surface area contributed by atoms with E-state index in [-0.39, 0.29) is 17.9 Å². The van der Waals surface area contributed by atoms with E-state index >= 15 is 0 Å². The average Bonchev–Trinajstić information content (AvgIpc) is 2.44. The number of carbonyl (C=O) groups is 2. The second kappa shape index (κ2) is 8.12. The second-order valence-electron chi connectivity index (χ2n) is 5.05. The van der Waals surface area contributed by atoms with E-state index in [1.54, 1.807) is 19.0 Å². The third-order valence-electron chi connectivity index (χ3n) is 3.62. The van der Waals surface area contributed by atoms with Crippen LogP contribution in [0, 0.1) is 0 Å². The number of likely N-dealkylation sites (tertiary alicyclic amines) is 1. The molecule has 3 N–H and O–H groups in total. The summed E-state index contributed by atoms with van der Waals surface area (Å²) in [7, 11) is 3.43. The highest BCUT2D eigenvalue weighted by atomic mass is 16.2. The monoisotopic (exact) mass is 270 g/mol. The summed E-state index contributed by atoms with van der Waals surface area (Å²) in [5.41, 5.74) is 5.44. The van der Waals surface area contributed by atoms with Gasteiger partial charge in [0.2, 0.25) is 11.8 Å². The number of hydrogen-bond acceptors (Lipinski definition) is 4. The summed E-state index contributed by atoms with van der Waals surface area (Å²) in [5.74, 6) is 0.0707. The predicted octanol–water partition coefficient (Wildman–Crippen LogP) is -0.606. The third-order valence-corrected chi connectivity index (χ3v) is 3.62. The molecule has 110 valence electrons. The molecule has 1 unspecified atom stereocenters. The molecule has 6 nitrogen and oxygen atoms in total. The molecule has 19 heavy (non-hydrogen) atoms. The van der Waals surface area contributed by atoms with E-state index in [0.717, 1.165) is 32.2 Å². The number of rotatable bonds is 6. The van der Waals surface area contributed by atoms with E-state index < -0.39 is 0 Å². The summed E-state index contributed by atoms with van der Waals surface area (Å²) in [6.07, 6.45) is 3.74. The SMILES string of the molecule is CNC(=O)C1CCCCN1CC(=O)N(C)CCCN. The fourth-order valence-corrected chi connectivity index (χ4v) is 2.39. The van der Waals surface area contributed by atoms with Gasteiger partial charge in [0, 0.05) is 20.6 Å². The van der Waals surface area contributed by atoms with Gasteiger partial charge in [-0.25, -0.2) is 0 Å². The lowest BCUT2D eigenvalue weighted by Gasteiger charge is -2.34. The number of carbonyl (C=O) groups excluding carboxylic acids is 2. The van der Waals surface area contributed by atoms with E-state index in [9.17, 15) is 9.59 Å². The number of piperidine rings is 1. The first kappa shape index (κ1) is 15.9. The Morgan fingerprint density at radius 3 is 2.79 bits per heavy atom. The van der Waals surface area contributed by atoms with Gasteiger partial charge >= 0.3 is 0 Å². The molecule has 2 amide bonds. The Hall–Kier alpha value is -1.14. The van der Waals surface area contributed by atoms with Gasteiger partial charge in [-0.15, -0.1) is 0 Å². The van der Waals surface area contributed by atoms with Crippen LogP contribution in [0.5, 0.6) is 0 Å². The zero-order valence-corrected chi connectivity index (χ0v) is 12.0. The molecule has 6 heteroatoms. The maximum atomic E-state index is 12.1. The molecule has 0 saturated carbocycles. The Morgan fingerprint density at radius 1 is 1.42 bits per heavy atom. The molecule has 0 aliphatic carbocycles. The van der Waals surface area contributed by atoms with Gasteiger partial charge in [-0.1, -0.05) is 6.42 Å². The van der Waals surface area contributed by atoms with Crippen molar-refractivity contribution in [2.45, 2.75) is 31.7 Å². The lowest BCUT2D eigenvalue weighted by Crippen LogP contribution is -2.52. The summed E-state index contributed by atoms with van der Waals surface area (Å²) in [4.78, 5) is 27.6. The molecule has 1 heterocycles. The van der Waals surface area contributed by atoms with Gasteiger partial charge in [-0.3, -0.25) is 14.5 Å². The van der Waals surface area contributed by atoms with Crippen LogP contribution in [-0.2, 0) is 9.59 Å². The minimum atomic E-state index is -0.161. The van der Waals surface area contributed by atoms with Gasteiger partial charge in [0.1, 0.15) is 0 Å². The van der Waals surface area contributed by atoms with E-state index in [0.29, 0.717) is 19.6 Å². The zero-order chi connectivity index (χ0) is 14.3. The molecule has 1 atom stereocenters. The molecular weight excluding hydrogens is 244 g/mol. The molecular formula is C13H26N4O2. The molecule has 0 aromatic carbocycles. The van der Waals surface area contributed by atoms with Crippen molar-refractivity contribution in [1.29, 1.82) is 0 Å². The van der Waals surface area contributed by atoms with Crippen LogP contribution in [0.1, 0.15) is 25.7 Å². The van der Waals surface area contributed by atoms with Crippen molar-refractivity contribution in [1.82, 2.24) is 15.1 Å². The van der Waals surface area contributed by atoms with E-state index in [2.05, 4.69) is 5.32 Å². The normalized spacial score (nSPS) is 20.1. The summed E-state index contributed by atoms with van der Waals surface area (Å²) < 4.78 is 0. The predicted molar refractivity (Wildman–Crippen MR) is 74.6 cm³/mol. The highest BCUT2D eigenvalue weighted by Gasteiger charge is 2.29. The first-order valence-corrected chi connectivity index (χ1v) is 6.99. The van der Waals surface area contributed by atoms with Gasteiger partial charge in [0.05, 0.1) is 12.6 Å². The van der Waals surface area contributed by atoms with Gasteiger partial charge in [0.15, 0.2) is 0 Å².